The lowest BCUT2D eigenvalue weighted by Gasteiger charge is -2.05. The van der Waals surface area contributed by atoms with Crippen molar-refractivity contribution in [1.29, 1.82) is 0 Å². The minimum atomic E-state index is -0.926. The Kier molecular flexibility index (Phi) is 7.53. The van der Waals surface area contributed by atoms with E-state index >= 15 is 0 Å². The molecule has 0 atom stereocenters. The number of benzene rings is 3. The van der Waals surface area contributed by atoms with E-state index in [2.05, 4.69) is 31.8 Å². The molecule has 0 aromatic heterocycles. The number of nitrogens with one attached hydrogen (secondary N) is 2. The maximum absolute atomic E-state index is 12.2. The van der Waals surface area contributed by atoms with Gasteiger partial charge in [-0.3, -0.25) is 9.59 Å². The molecule has 2 N–H and O–H groups in total. The first-order valence-electron chi connectivity index (χ1n) is 8.88. The average Bonchev–Trinajstić information content (AvgIpc) is 2.76. The van der Waals surface area contributed by atoms with Crippen LogP contribution in [0.3, 0.4) is 0 Å². The second-order valence-electron chi connectivity index (χ2n) is 6.13. The zero-order chi connectivity index (χ0) is 22.2. The van der Waals surface area contributed by atoms with Crippen molar-refractivity contribution in [3.8, 4) is 5.75 Å². The van der Waals surface area contributed by atoms with Crippen LogP contribution in [0.4, 0.5) is 5.69 Å². The summed E-state index contributed by atoms with van der Waals surface area (Å²) in [6, 6.07) is 19.6. The molecular formula is C22H15BrClN3O4. The molecule has 0 radical (unpaired) electrons. The number of halogens is 2. The molecule has 156 valence electrons. The number of rotatable bonds is 5. The van der Waals surface area contributed by atoms with Crippen LogP contribution in [0.2, 0.25) is 5.02 Å². The summed E-state index contributed by atoms with van der Waals surface area (Å²) in [7, 11) is 0. The maximum atomic E-state index is 12.2. The number of esters is 1. The third-order valence-corrected chi connectivity index (χ3v) is 4.62. The number of carbonyl (C=O) groups is 3. The molecule has 0 heterocycles. The lowest BCUT2D eigenvalue weighted by molar-refractivity contribution is -0.136. The Balaban J connectivity index is 1.55. The topological polar surface area (TPSA) is 96.9 Å². The smallest absolute Gasteiger partial charge is 0.343 e. The van der Waals surface area contributed by atoms with Gasteiger partial charge in [0.25, 0.3) is 0 Å². The van der Waals surface area contributed by atoms with Crippen LogP contribution < -0.4 is 15.5 Å². The fourth-order valence-corrected chi connectivity index (χ4v) is 2.74. The summed E-state index contributed by atoms with van der Waals surface area (Å²) in [5.74, 6) is -2.03. The van der Waals surface area contributed by atoms with E-state index in [0.717, 1.165) is 4.47 Å². The highest BCUT2D eigenvalue weighted by Crippen LogP contribution is 2.16. The highest BCUT2D eigenvalue weighted by Gasteiger charge is 2.13. The summed E-state index contributed by atoms with van der Waals surface area (Å²) < 4.78 is 6.17. The van der Waals surface area contributed by atoms with E-state index in [1.807, 2.05) is 0 Å². The molecule has 0 saturated carbocycles. The molecule has 3 aromatic carbocycles. The van der Waals surface area contributed by atoms with Crippen molar-refractivity contribution in [3.63, 3.8) is 0 Å². The summed E-state index contributed by atoms with van der Waals surface area (Å²) in [4.78, 5) is 35.9. The van der Waals surface area contributed by atoms with E-state index in [1.165, 1.54) is 6.21 Å². The summed E-state index contributed by atoms with van der Waals surface area (Å²) in [6.45, 7) is 0. The molecule has 3 aromatic rings. The highest BCUT2D eigenvalue weighted by atomic mass is 79.9. The molecule has 0 unspecified atom stereocenters. The molecule has 7 nitrogen and oxygen atoms in total. The van der Waals surface area contributed by atoms with Gasteiger partial charge in [-0.15, -0.1) is 0 Å². The number of hydrogen-bond donors (Lipinski definition) is 2. The van der Waals surface area contributed by atoms with E-state index in [1.54, 1.807) is 72.8 Å². The van der Waals surface area contributed by atoms with Gasteiger partial charge in [-0.2, -0.15) is 5.10 Å². The van der Waals surface area contributed by atoms with E-state index in [-0.39, 0.29) is 0 Å². The number of anilines is 1. The molecule has 31 heavy (non-hydrogen) atoms. The Labute approximate surface area is 191 Å². The van der Waals surface area contributed by atoms with Gasteiger partial charge in [0, 0.05) is 15.2 Å². The Bertz CT molecular complexity index is 1130. The Morgan fingerprint density at radius 1 is 0.935 bits per heavy atom. The minimum absolute atomic E-state index is 0.295. The second kappa shape index (κ2) is 10.5. The lowest BCUT2D eigenvalue weighted by atomic mass is 10.2. The van der Waals surface area contributed by atoms with Crippen LogP contribution in [0, 0.1) is 0 Å². The molecule has 0 spiro atoms. The Hall–Kier alpha value is -3.49. The molecule has 9 heteroatoms. The molecule has 2 amide bonds. The van der Waals surface area contributed by atoms with Gasteiger partial charge < -0.3 is 10.1 Å². The SMILES string of the molecule is O=C(NN=Cc1cccc(OC(=O)c2ccc(Cl)cc2)c1)C(=O)Nc1ccc(Br)cc1. The van der Waals surface area contributed by atoms with E-state index < -0.39 is 17.8 Å². The number of ether oxygens (including phenoxy) is 1. The number of hydrazone groups is 1. The van der Waals surface area contributed by atoms with E-state index in [4.69, 9.17) is 16.3 Å². The zero-order valence-corrected chi connectivity index (χ0v) is 18.2. The van der Waals surface area contributed by atoms with Gasteiger partial charge in [-0.05, 0) is 66.2 Å². The predicted molar refractivity (Wildman–Crippen MR) is 121 cm³/mol. The largest absolute Gasteiger partial charge is 0.423 e. The number of carbonyl (C=O) groups excluding carboxylic acids is 3. The third-order valence-electron chi connectivity index (χ3n) is 3.84. The monoisotopic (exact) mass is 499 g/mol. The molecule has 0 aliphatic heterocycles. The van der Waals surface area contributed by atoms with Gasteiger partial charge in [-0.1, -0.05) is 39.7 Å². The molecule has 3 rings (SSSR count). The number of nitrogens with zero attached hydrogens (tertiary/aromatic N) is 1. The summed E-state index contributed by atoms with van der Waals surface area (Å²) >= 11 is 9.10. The summed E-state index contributed by atoms with van der Waals surface area (Å²) in [5.41, 5.74) is 3.52. The fourth-order valence-electron chi connectivity index (χ4n) is 2.35. The van der Waals surface area contributed by atoms with Gasteiger partial charge in [0.15, 0.2) is 0 Å². The quantitative estimate of drug-likeness (QED) is 0.178. The van der Waals surface area contributed by atoms with Crippen molar-refractivity contribution >= 4 is 57.2 Å². The van der Waals surface area contributed by atoms with Crippen LogP contribution >= 0.6 is 27.5 Å². The highest BCUT2D eigenvalue weighted by molar-refractivity contribution is 9.10. The Morgan fingerprint density at radius 2 is 1.65 bits per heavy atom. The maximum Gasteiger partial charge on any atom is 0.343 e. The molecule has 0 aliphatic rings. The van der Waals surface area contributed by atoms with E-state index in [9.17, 15) is 14.4 Å². The molecule has 0 fully saturated rings. The van der Waals surface area contributed by atoms with Crippen LogP contribution in [0.25, 0.3) is 0 Å². The van der Waals surface area contributed by atoms with E-state index in [0.29, 0.717) is 27.6 Å². The standard InChI is InChI=1S/C22H15BrClN3O4/c23-16-6-10-18(11-7-16)26-20(28)21(29)27-25-13-14-2-1-3-19(12-14)31-22(30)15-4-8-17(24)9-5-15/h1-13H,(H,26,28)(H,27,29). The molecule has 0 aliphatic carbocycles. The average molecular weight is 501 g/mol. The number of hydrogen-bond acceptors (Lipinski definition) is 5. The van der Waals surface area contributed by atoms with Crippen molar-refractivity contribution in [2.24, 2.45) is 5.10 Å². The van der Waals surface area contributed by atoms with Gasteiger partial charge in [0.1, 0.15) is 5.75 Å². The minimum Gasteiger partial charge on any atom is -0.423 e. The normalized spacial score (nSPS) is 10.5. The van der Waals surface area contributed by atoms with Gasteiger partial charge in [0.05, 0.1) is 11.8 Å². The number of amides is 2. The summed E-state index contributed by atoms with van der Waals surface area (Å²) in [6.07, 6.45) is 1.32. The van der Waals surface area contributed by atoms with Gasteiger partial charge in [-0.25, -0.2) is 10.2 Å². The second-order valence-corrected chi connectivity index (χ2v) is 7.48. The first kappa shape index (κ1) is 22.2. The summed E-state index contributed by atoms with van der Waals surface area (Å²) in [5, 5.41) is 6.73. The van der Waals surface area contributed by atoms with Gasteiger partial charge in [0.2, 0.25) is 0 Å². The predicted octanol–water partition coefficient (Wildman–Crippen LogP) is 4.41. The first-order chi connectivity index (χ1) is 14.9. The molecule has 0 bridgehead atoms. The van der Waals surface area contributed by atoms with Crippen molar-refractivity contribution in [3.05, 3.63) is 93.4 Å². The zero-order valence-electron chi connectivity index (χ0n) is 15.8. The van der Waals surface area contributed by atoms with Gasteiger partial charge >= 0.3 is 17.8 Å². The lowest BCUT2D eigenvalue weighted by Crippen LogP contribution is -2.32. The third kappa shape index (κ3) is 6.77. The van der Waals surface area contributed by atoms with Crippen LogP contribution in [-0.2, 0) is 9.59 Å². The molecular weight excluding hydrogens is 486 g/mol. The molecule has 0 saturated heterocycles. The van der Waals surface area contributed by atoms with Crippen molar-refractivity contribution in [1.82, 2.24) is 5.43 Å². The van der Waals surface area contributed by atoms with Crippen molar-refractivity contribution < 1.29 is 19.1 Å². The van der Waals surface area contributed by atoms with Crippen LogP contribution in [0.5, 0.6) is 5.75 Å². The first-order valence-corrected chi connectivity index (χ1v) is 10.1. The Morgan fingerprint density at radius 3 is 2.35 bits per heavy atom. The van der Waals surface area contributed by atoms with Crippen LogP contribution in [-0.4, -0.2) is 24.0 Å². The fraction of sp³-hybridized carbons (Fsp3) is 0. The van der Waals surface area contributed by atoms with Crippen molar-refractivity contribution in [2.75, 3.05) is 5.32 Å². The van der Waals surface area contributed by atoms with Crippen LogP contribution in [0.15, 0.2) is 82.4 Å². The van der Waals surface area contributed by atoms with Crippen LogP contribution in [0.1, 0.15) is 15.9 Å². The van der Waals surface area contributed by atoms with Crippen molar-refractivity contribution in [2.45, 2.75) is 0 Å².